The predicted octanol–water partition coefficient (Wildman–Crippen LogP) is 4.61. The van der Waals surface area contributed by atoms with Crippen LogP contribution < -0.4 is 9.64 Å². The van der Waals surface area contributed by atoms with Crippen molar-refractivity contribution in [3.8, 4) is 5.75 Å². The number of halogens is 1. The average Bonchev–Trinajstić information content (AvgIpc) is 3.05. The molecule has 0 spiro atoms. The van der Waals surface area contributed by atoms with E-state index in [9.17, 15) is 14.4 Å². The number of carbonyl (C=O) groups excluding carboxylic acids is 3. The Morgan fingerprint density at radius 2 is 1.53 bits per heavy atom. The van der Waals surface area contributed by atoms with Gasteiger partial charge < -0.3 is 4.74 Å². The van der Waals surface area contributed by atoms with Gasteiger partial charge in [0.15, 0.2) is 5.78 Å². The molecule has 1 aliphatic rings. The van der Waals surface area contributed by atoms with Crippen LogP contribution in [0.2, 0.25) is 0 Å². The summed E-state index contributed by atoms with van der Waals surface area (Å²) in [4.78, 5) is 40.8. The van der Waals surface area contributed by atoms with Crippen LogP contribution in [0.25, 0.3) is 0 Å². The minimum atomic E-state index is -1.13. The molecule has 2 unspecified atom stereocenters. The van der Waals surface area contributed by atoms with E-state index in [0.29, 0.717) is 17.0 Å². The lowest BCUT2D eigenvalue weighted by molar-refractivity contribution is -0.135. The predicted molar refractivity (Wildman–Crippen MR) is 117 cm³/mol. The maximum Gasteiger partial charge on any atom is 0.295 e. The van der Waals surface area contributed by atoms with Gasteiger partial charge in [0.05, 0.1) is 13.2 Å². The first-order valence-electron chi connectivity index (χ1n) is 9.37. The fourth-order valence-electron chi connectivity index (χ4n) is 3.74. The van der Waals surface area contributed by atoms with Gasteiger partial charge in [0.25, 0.3) is 5.91 Å². The molecule has 1 fully saturated rings. The summed E-state index contributed by atoms with van der Waals surface area (Å²) in [6.45, 7) is 0. The molecule has 3 aromatic rings. The summed E-state index contributed by atoms with van der Waals surface area (Å²) in [6, 6.07) is 22.1. The Balaban J connectivity index is 1.81. The number of ketones is 2. The number of carbonyl (C=O) groups is 3. The zero-order valence-corrected chi connectivity index (χ0v) is 17.7. The van der Waals surface area contributed by atoms with Crippen LogP contribution in [0.5, 0.6) is 5.75 Å². The number of amides is 1. The van der Waals surface area contributed by atoms with Crippen molar-refractivity contribution in [1.82, 2.24) is 0 Å². The summed E-state index contributed by atoms with van der Waals surface area (Å²) < 4.78 is 6.00. The van der Waals surface area contributed by atoms with Gasteiger partial charge in [-0.15, -0.1) is 0 Å². The molecule has 0 aliphatic carbocycles. The fraction of sp³-hybridized carbons (Fsp3) is 0.125. The summed E-state index contributed by atoms with van der Waals surface area (Å²) in [5.41, 5.74) is 1.66. The second kappa shape index (κ2) is 8.24. The van der Waals surface area contributed by atoms with Crippen LogP contribution >= 0.6 is 15.9 Å². The lowest BCUT2D eigenvalue weighted by Gasteiger charge is -2.27. The minimum absolute atomic E-state index is 0.362. The van der Waals surface area contributed by atoms with Gasteiger partial charge in [-0.2, -0.15) is 0 Å². The third-order valence-electron chi connectivity index (χ3n) is 5.21. The van der Waals surface area contributed by atoms with Crippen molar-refractivity contribution in [2.24, 2.45) is 5.92 Å². The van der Waals surface area contributed by atoms with Gasteiger partial charge in [-0.05, 0) is 54.1 Å². The molecule has 0 aromatic heterocycles. The van der Waals surface area contributed by atoms with Crippen molar-refractivity contribution < 1.29 is 19.1 Å². The number of anilines is 1. The maximum absolute atomic E-state index is 13.4. The SMILES string of the molecule is COc1ccc(C(=O)C2C(=O)C(=O)N(c3ccc(Br)cc3)C2c2ccccc2)cc1. The topological polar surface area (TPSA) is 63.7 Å². The number of Topliss-reactive ketones (excluding diaryl/α,β-unsaturated/α-hetero) is 2. The highest BCUT2D eigenvalue weighted by Crippen LogP contribution is 2.41. The molecular formula is C24H18BrNO4. The second-order valence-corrected chi connectivity index (χ2v) is 7.86. The van der Waals surface area contributed by atoms with E-state index < -0.39 is 23.7 Å². The number of methoxy groups -OCH3 is 1. The molecule has 4 rings (SSSR count). The van der Waals surface area contributed by atoms with Crippen molar-refractivity contribution in [2.45, 2.75) is 6.04 Å². The van der Waals surface area contributed by atoms with Gasteiger partial charge in [0.2, 0.25) is 5.78 Å². The van der Waals surface area contributed by atoms with Crippen molar-refractivity contribution in [2.75, 3.05) is 12.0 Å². The number of nitrogens with zero attached hydrogens (tertiary/aromatic N) is 1. The molecule has 5 nitrogen and oxygen atoms in total. The Morgan fingerprint density at radius 1 is 0.900 bits per heavy atom. The molecule has 0 radical (unpaired) electrons. The van der Waals surface area contributed by atoms with Crippen molar-refractivity contribution in [1.29, 1.82) is 0 Å². The van der Waals surface area contributed by atoms with Gasteiger partial charge in [-0.1, -0.05) is 46.3 Å². The highest BCUT2D eigenvalue weighted by Gasteiger charge is 2.52. The molecule has 1 amide bonds. The van der Waals surface area contributed by atoms with Crippen molar-refractivity contribution >= 4 is 39.1 Å². The Morgan fingerprint density at radius 3 is 2.13 bits per heavy atom. The van der Waals surface area contributed by atoms with Gasteiger partial charge in [0, 0.05) is 15.7 Å². The van der Waals surface area contributed by atoms with Crippen LogP contribution in [0, 0.1) is 5.92 Å². The summed E-state index contributed by atoms with van der Waals surface area (Å²) in [7, 11) is 1.54. The van der Waals surface area contributed by atoms with Crippen molar-refractivity contribution in [3.05, 3.63) is 94.5 Å². The monoisotopic (exact) mass is 463 g/mol. The Bertz CT molecular complexity index is 1090. The van der Waals surface area contributed by atoms with Crippen LogP contribution in [0.3, 0.4) is 0 Å². The highest BCUT2D eigenvalue weighted by atomic mass is 79.9. The Labute approximate surface area is 182 Å². The first-order chi connectivity index (χ1) is 14.5. The first-order valence-corrected chi connectivity index (χ1v) is 10.2. The third-order valence-corrected chi connectivity index (χ3v) is 5.74. The normalized spacial score (nSPS) is 18.5. The summed E-state index contributed by atoms with van der Waals surface area (Å²) in [5, 5.41) is 0. The van der Waals surface area contributed by atoms with E-state index in [1.807, 2.05) is 30.3 Å². The lowest BCUT2D eigenvalue weighted by Crippen LogP contribution is -2.30. The molecule has 0 bridgehead atoms. The highest BCUT2D eigenvalue weighted by molar-refractivity contribution is 9.10. The minimum Gasteiger partial charge on any atom is -0.497 e. The molecule has 150 valence electrons. The zero-order chi connectivity index (χ0) is 21.3. The van der Waals surface area contributed by atoms with Crippen LogP contribution in [0.1, 0.15) is 22.0 Å². The summed E-state index contributed by atoms with van der Waals surface area (Å²) in [6.07, 6.45) is 0. The quantitative estimate of drug-likeness (QED) is 0.314. The van der Waals surface area contributed by atoms with Gasteiger partial charge in [-0.3, -0.25) is 19.3 Å². The smallest absolute Gasteiger partial charge is 0.295 e. The number of benzene rings is 3. The van der Waals surface area contributed by atoms with Gasteiger partial charge in [0.1, 0.15) is 11.7 Å². The van der Waals surface area contributed by atoms with E-state index in [-0.39, 0.29) is 5.78 Å². The second-order valence-electron chi connectivity index (χ2n) is 6.94. The largest absolute Gasteiger partial charge is 0.497 e. The molecule has 6 heteroatoms. The molecule has 0 saturated carbocycles. The van der Waals surface area contributed by atoms with Crippen LogP contribution in [0.4, 0.5) is 5.69 Å². The van der Waals surface area contributed by atoms with Gasteiger partial charge >= 0.3 is 0 Å². The van der Waals surface area contributed by atoms with E-state index in [4.69, 9.17) is 4.74 Å². The molecule has 2 atom stereocenters. The number of hydrogen-bond donors (Lipinski definition) is 0. The standard InChI is InChI=1S/C24H18BrNO4/c1-30-19-13-7-16(8-14-19)22(27)20-21(15-5-3-2-4-6-15)26(24(29)23(20)28)18-11-9-17(25)10-12-18/h2-14,20-21H,1H3. The molecule has 30 heavy (non-hydrogen) atoms. The molecule has 1 aliphatic heterocycles. The third kappa shape index (κ3) is 3.55. The number of rotatable bonds is 5. The van der Waals surface area contributed by atoms with Crippen LogP contribution in [0.15, 0.2) is 83.3 Å². The number of hydrogen-bond acceptors (Lipinski definition) is 4. The van der Waals surface area contributed by atoms with Crippen LogP contribution in [-0.2, 0) is 9.59 Å². The first kappa shape index (κ1) is 20.0. The van der Waals surface area contributed by atoms with E-state index in [1.165, 1.54) is 12.0 Å². The van der Waals surface area contributed by atoms with Crippen molar-refractivity contribution in [3.63, 3.8) is 0 Å². The molecule has 1 heterocycles. The van der Waals surface area contributed by atoms with E-state index >= 15 is 0 Å². The van der Waals surface area contributed by atoms with E-state index in [1.54, 1.807) is 48.5 Å². The van der Waals surface area contributed by atoms with E-state index in [2.05, 4.69) is 15.9 Å². The number of ether oxygens (including phenoxy) is 1. The van der Waals surface area contributed by atoms with Gasteiger partial charge in [-0.25, -0.2) is 0 Å². The molecule has 3 aromatic carbocycles. The fourth-order valence-corrected chi connectivity index (χ4v) is 4.00. The Hall–Kier alpha value is -3.25. The summed E-state index contributed by atoms with van der Waals surface area (Å²) >= 11 is 3.38. The Kier molecular flexibility index (Phi) is 5.50. The zero-order valence-electron chi connectivity index (χ0n) is 16.1. The molecular weight excluding hydrogens is 446 g/mol. The van der Waals surface area contributed by atoms with E-state index in [0.717, 1.165) is 10.0 Å². The average molecular weight is 464 g/mol. The van der Waals surface area contributed by atoms with Crippen LogP contribution in [-0.4, -0.2) is 24.6 Å². The molecule has 1 saturated heterocycles. The summed E-state index contributed by atoms with van der Waals surface area (Å²) in [5.74, 6) is -2.29. The lowest BCUT2D eigenvalue weighted by atomic mass is 9.86. The maximum atomic E-state index is 13.4. The molecule has 0 N–H and O–H groups in total.